The Labute approximate surface area is 141 Å². The van der Waals surface area contributed by atoms with Crippen molar-refractivity contribution >= 4 is 23.2 Å². The van der Waals surface area contributed by atoms with E-state index in [0.717, 1.165) is 34.5 Å². The van der Waals surface area contributed by atoms with E-state index in [1.165, 1.54) is 0 Å². The molecule has 0 bridgehead atoms. The molecule has 0 fully saturated rings. The van der Waals surface area contributed by atoms with Gasteiger partial charge >= 0.3 is 0 Å². The number of benzene rings is 2. The molecule has 5 nitrogen and oxygen atoms in total. The molecule has 124 valence electrons. The lowest BCUT2D eigenvalue weighted by Crippen LogP contribution is -2.31. The zero-order valence-electron chi connectivity index (χ0n) is 13.9. The van der Waals surface area contributed by atoms with E-state index in [4.69, 9.17) is 0 Å². The fraction of sp³-hybridized carbons (Fsp3) is 0.263. The van der Waals surface area contributed by atoms with Crippen molar-refractivity contribution in [1.82, 2.24) is 10.2 Å². The summed E-state index contributed by atoms with van der Waals surface area (Å²) in [6, 6.07) is 13.6. The number of hydrogen-bond donors (Lipinski definition) is 2. The maximum absolute atomic E-state index is 11.9. The van der Waals surface area contributed by atoms with E-state index < -0.39 is 0 Å². The van der Waals surface area contributed by atoms with E-state index in [1.807, 2.05) is 42.5 Å². The Kier molecular flexibility index (Phi) is 4.51. The molecule has 0 saturated heterocycles. The molecule has 1 aliphatic heterocycles. The highest BCUT2D eigenvalue weighted by Crippen LogP contribution is 2.22. The van der Waals surface area contributed by atoms with Gasteiger partial charge in [0.2, 0.25) is 5.91 Å². The summed E-state index contributed by atoms with van der Waals surface area (Å²) in [4.78, 5) is 25.2. The van der Waals surface area contributed by atoms with Crippen molar-refractivity contribution in [3.63, 3.8) is 0 Å². The van der Waals surface area contributed by atoms with Gasteiger partial charge in [-0.3, -0.25) is 9.59 Å². The van der Waals surface area contributed by atoms with Gasteiger partial charge in [-0.15, -0.1) is 0 Å². The van der Waals surface area contributed by atoms with Gasteiger partial charge in [0, 0.05) is 37.6 Å². The summed E-state index contributed by atoms with van der Waals surface area (Å²) in [6.45, 7) is 0.700. The second-order valence-corrected chi connectivity index (χ2v) is 6.16. The third kappa shape index (κ3) is 3.56. The number of amides is 2. The molecule has 0 unspecified atom stereocenters. The van der Waals surface area contributed by atoms with E-state index in [1.54, 1.807) is 19.0 Å². The maximum atomic E-state index is 11.9. The summed E-state index contributed by atoms with van der Waals surface area (Å²) >= 11 is 0. The molecule has 0 aromatic heterocycles. The number of nitrogens with one attached hydrogen (secondary N) is 2. The van der Waals surface area contributed by atoms with Crippen molar-refractivity contribution in [3.05, 3.63) is 59.2 Å². The van der Waals surface area contributed by atoms with Crippen LogP contribution in [0.4, 0.5) is 11.4 Å². The normalized spacial score (nSPS) is 13.0. The SMILES string of the molecule is CN(C)C(=O)Cc1ccc(Nc2ccc3c(c2)C(=O)NCC3)cc1. The highest BCUT2D eigenvalue weighted by Gasteiger charge is 2.16. The summed E-state index contributed by atoms with van der Waals surface area (Å²) in [5.74, 6) is 0.0638. The average Bonchev–Trinajstić information content (AvgIpc) is 2.57. The van der Waals surface area contributed by atoms with Crippen molar-refractivity contribution in [2.75, 3.05) is 26.0 Å². The first kappa shape index (κ1) is 16.1. The molecular formula is C19H21N3O2. The molecule has 0 radical (unpaired) electrons. The number of hydrogen-bond acceptors (Lipinski definition) is 3. The van der Waals surface area contributed by atoms with Crippen LogP contribution in [0.3, 0.4) is 0 Å². The van der Waals surface area contributed by atoms with E-state index in [9.17, 15) is 9.59 Å². The second kappa shape index (κ2) is 6.74. The zero-order chi connectivity index (χ0) is 17.1. The maximum Gasteiger partial charge on any atom is 0.251 e. The van der Waals surface area contributed by atoms with Crippen LogP contribution >= 0.6 is 0 Å². The standard InChI is InChI=1S/C19H21N3O2/c1-22(2)18(23)11-13-3-6-15(7-4-13)21-16-8-5-14-9-10-20-19(24)17(14)12-16/h3-8,12,21H,9-11H2,1-2H3,(H,20,24). The molecule has 1 aliphatic rings. The number of carbonyl (C=O) groups excluding carboxylic acids is 2. The molecule has 0 spiro atoms. The Bertz CT molecular complexity index is 767. The molecule has 24 heavy (non-hydrogen) atoms. The van der Waals surface area contributed by atoms with E-state index in [-0.39, 0.29) is 11.8 Å². The van der Waals surface area contributed by atoms with Crippen LogP contribution in [-0.2, 0) is 17.6 Å². The quantitative estimate of drug-likeness (QED) is 0.908. The smallest absolute Gasteiger partial charge is 0.251 e. The van der Waals surface area contributed by atoms with Crippen molar-refractivity contribution < 1.29 is 9.59 Å². The molecule has 1 heterocycles. The number of anilines is 2. The molecule has 0 atom stereocenters. The number of likely N-dealkylation sites (N-methyl/N-ethyl adjacent to an activating group) is 1. The van der Waals surface area contributed by atoms with Gasteiger partial charge in [-0.25, -0.2) is 0 Å². The van der Waals surface area contributed by atoms with Crippen LogP contribution in [0.15, 0.2) is 42.5 Å². The molecular weight excluding hydrogens is 302 g/mol. The van der Waals surface area contributed by atoms with E-state index >= 15 is 0 Å². The van der Waals surface area contributed by atoms with Gasteiger partial charge in [-0.2, -0.15) is 0 Å². The van der Waals surface area contributed by atoms with E-state index in [0.29, 0.717) is 13.0 Å². The van der Waals surface area contributed by atoms with Crippen molar-refractivity contribution in [1.29, 1.82) is 0 Å². The molecule has 2 amide bonds. The van der Waals surface area contributed by atoms with Gasteiger partial charge in [-0.1, -0.05) is 18.2 Å². The molecule has 0 aliphatic carbocycles. The number of rotatable bonds is 4. The van der Waals surface area contributed by atoms with Gasteiger partial charge in [0.15, 0.2) is 0 Å². The third-order valence-corrected chi connectivity index (χ3v) is 4.13. The van der Waals surface area contributed by atoms with Gasteiger partial charge in [0.1, 0.15) is 0 Å². The van der Waals surface area contributed by atoms with Gasteiger partial charge in [-0.05, 0) is 41.8 Å². The minimum absolute atomic E-state index is 0.0163. The lowest BCUT2D eigenvalue weighted by Gasteiger charge is -2.17. The summed E-state index contributed by atoms with van der Waals surface area (Å²) in [5.41, 5.74) is 4.60. The molecule has 0 saturated carbocycles. The average molecular weight is 323 g/mol. The predicted molar refractivity (Wildman–Crippen MR) is 94.6 cm³/mol. The largest absolute Gasteiger partial charge is 0.356 e. The predicted octanol–water partition coefficient (Wildman–Crippen LogP) is 2.35. The fourth-order valence-electron chi connectivity index (χ4n) is 2.69. The fourth-order valence-corrected chi connectivity index (χ4v) is 2.69. The van der Waals surface area contributed by atoms with E-state index in [2.05, 4.69) is 10.6 Å². The minimum atomic E-state index is -0.0163. The lowest BCUT2D eigenvalue weighted by molar-refractivity contribution is -0.127. The Morgan fingerprint density at radius 1 is 1.12 bits per heavy atom. The molecule has 2 N–H and O–H groups in total. The number of fused-ring (bicyclic) bond motifs is 1. The van der Waals surface area contributed by atoms with Gasteiger partial charge < -0.3 is 15.5 Å². The Morgan fingerprint density at radius 3 is 2.54 bits per heavy atom. The van der Waals surface area contributed by atoms with Crippen molar-refractivity contribution in [2.45, 2.75) is 12.8 Å². The first-order valence-electron chi connectivity index (χ1n) is 8.00. The monoisotopic (exact) mass is 323 g/mol. The van der Waals surface area contributed by atoms with Crippen molar-refractivity contribution in [2.24, 2.45) is 0 Å². The molecule has 3 rings (SSSR count). The third-order valence-electron chi connectivity index (χ3n) is 4.13. The summed E-state index contributed by atoms with van der Waals surface area (Å²) in [5, 5.41) is 6.16. The van der Waals surface area contributed by atoms with Crippen LogP contribution in [0, 0.1) is 0 Å². The van der Waals surface area contributed by atoms with Crippen LogP contribution in [0.1, 0.15) is 21.5 Å². The van der Waals surface area contributed by atoms with Crippen LogP contribution in [0.2, 0.25) is 0 Å². The van der Waals surface area contributed by atoms with Crippen LogP contribution in [-0.4, -0.2) is 37.4 Å². The first-order valence-corrected chi connectivity index (χ1v) is 8.00. The summed E-state index contributed by atoms with van der Waals surface area (Å²) < 4.78 is 0. The van der Waals surface area contributed by atoms with Crippen LogP contribution in [0.25, 0.3) is 0 Å². The van der Waals surface area contributed by atoms with Gasteiger partial charge in [0.05, 0.1) is 6.42 Å². The van der Waals surface area contributed by atoms with Crippen LogP contribution in [0.5, 0.6) is 0 Å². The molecule has 2 aromatic rings. The highest BCUT2D eigenvalue weighted by molar-refractivity contribution is 5.97. The van der Waals surface area contributed by atoms with Gasteiger partial charge in [0.25, 0.3) is 5.91 Å². The molecule has 2 aromatic carbocycles. The highest BCUT2D eigenvalue weighted by atomic mass is 16.2. The zero-order valence-corrected chi connectivity index (χ0v) is 13.9. The number of nitrogens with zero attached hydrogens (tertiary/aromatic N) is 1. The Hall–Kier alpha value is -2.82. The lowest BCUT2D eigenvalue weighted by atomic mass is 10.00. The van der Waals surface area contributed by atoms with Crippen molar-refractivity contribution in [3.8, 4) is 0 Å². The first-order chi connectivity index (χ1) is 11.5. The summed E-state index contributed by atoms with van der Waals surface area (Å²) in [6.07, 6.45) is 1.27. The molecule has 5 heteroatoms. The second-order valence-electron chi connectivity index (χ2n) is 6.16. The minimum Gasteiger partial charge on any atom is -0.356 e. The van der Waals surface area contributed by atoms with Crippen LogP contribution < -0.4 is 10.6 Å². The number of carbonyl (C=O) groups is 2. The Balaban J connectivity index is 1.71. The summed E-state index contributed by atoms with van der Waals surface area (Å²) in [7, 11) is 3.51. The Morgan fingerprint density at radius 2 is 1.83 bits per heavy atom. The topological polar surface area (TPSA) is 61.4 Å².